The van der Waals surface area contributed by atoms with Crippen LogP contribution in [0.15, 0.2) is 53.8 Å². The van der Waals surface area contributed by atoms with Crippen LogP contribution < -0.4 is 9.47 Å². The van der Waals surface area contributed by atoms with E-state index in [0.717, 1.165) is 50.3 Å². The molecule has 3 aromatic heterocycles. The van der Waals surface area contributed by atoms with Crippen LogP contribution in [0.5, 0.6) is 11.5 Å². The second kappa shape index (κ2) is 21.1. The Kier molecular flexibility index (Phi) is 17.9. The largest absolute Gasteiger partial charge is 0.491 e. The van der Waals surface area contributed by atoms with E-state index in [1.165, 1.54) is 0 Å². The maximum absolute atomic E-state index is 5.82. The molecular formula is C30H41ClN4O6S2. The minimum Gasteiger partial charge on any atom is -0.491 e. The van der Waals surface area contributed by atoms with Crippen LogP contribution in [0, 0.1) is 18.5 Å². The van der Waals surface area contributed by atoms with Crippen molar-refractivity contribution in [1.82, 2.24) is 19.9 Å². The van der Waals surface area contributed by atoms with Crippen LogP contribution >= 0.6 is 36.4 Å². The second-order valence-corrected chi connectivity index (χ2v) is 10.3. The van der Waals surface area contributed by atoms with E-state index in [0.29, 0.717) is 57.5 Å². The third-order valence-corrected chi connectivity index (χ3v) is 7.41. The number of nitrogens with zero attached hydrogens (tertiary/aromatic N) is 2. The summed E-state index contributed by atoms with van der Waals surface area (Å²) in [7, 11) is 3.31. The van der Waals surface area contributed by atoms with Crippen LogP contribution in [-0.4, -0.2) is 87.0 Å². The summed E-state index contributed by atoms with van der Waals surface area (Å²) in [6.45, 7) is 8.43. The first-order valence-corrected chi connectivity index (χ1v) is 15.0. The van der Waals surface area contributed by atoms with Gasteiger partial charge in [0.25, 0.3) is 0 Å². The molecule has 43 heavy (non-hydrogen) atoms. The fraction of sp³-hybridized carbons (Fsp3) is 0.433. The Bertz CT molecular complexity index is 1370. The smallest absolute Gasteiger partial charge is 0.126 e. The van der Waals surface area contributed by atoms with E-state index in [-0.39, 0.29) is 12.4 Å². The summed E-state index contributed by atoms with van der Waals surface area (Å²) in [5, 5.41) is 0.947. The number of hydrogen-bond donors (Lipinski definition) is 2. The second-order valence-electron chi connectivity index (χ2n) is 8.93. The monoisotopic (exact) mass is 652 g/mol. The molecule has 0 amide bonds. The first kappa shape index (κ1) is 36.5. The van der Waals surface area contributed by atoms with Crippen molar-refractivity contribution >= 4 is 47.4 Å². The summed E-state index contributed by atoms with van der Waals surface area (Å²) in [5.74, 6) is 3.31. The van der Waals surface area contributed by atoms with E-state index >= 15 is 0 Å². The number of para-hydroxylation sites is 2. The molecule has 0 aliphatic carbocycles. The average Bonchev–Trinajstić information content (AvgIpc) is 3.42. The van der Waals surface area contributed by atoms with Crippen LogP contribution in [0.1, 0.15) is 17.0 Å². The summed E-state index contributed by atoms with van der Waals surface area (Å²) >= 11 is 6.74. The number of fused-ring (bicyclic) bond motifs is 1. The van der Waals surface area contributed by atoms with Crippen molar-refractivity contribution in [3.05, 3.63) is 70.4 Å². The molecule has 4 aromatic rings. The van der Waals surface area contributed by atoms with Crippen LogP contribution in [0.3, 0.4) is 0 Å². The standard InChI is InChI=1S/C19H23N3O3S.C11H17NO3S.ClH/c1-14-17(25-12-11-24-10-9-23-2)7-8-20-19(14)26-13-18-21-15-5-3-4-6-16(15)22-18;1-9-10(3-4-12-11(9)16)15-8-7-14-6-5-13-2;/h3-8H,9-13H2,1-2H3,(H,21,22);3-4H,5-8H2,1-2H3,(H,12,16);1H. The molecule has 0 radical (unpaired) electrons. The molecule has 2 N–H and O–H groups in total. The highest BCUT2D eigenvalue weighted by molar-refractivity contribution is 7.98. The number of benzene rings is 1. The van der Waals surface area contributed by atoms with Crippen LogP contribution in [-0.2, 0) is 24.7 Å². The SMILES string of the molecule is COCCOCCOc1cc[nH]c(=S)c1C.COCCOCCOc1ccnc(SCc2nc3ccccc3[nH]2)c1C.Cl. The highest BCUT2D eigenvalue weighted by Gasteiger charge is 2.09. The van der Waals surface area contributed by atoms with Crippen LogP contribution in [0.4, 0.5) is 0 Å². The number of imidazole rings is 1. The van der Waals surface area contributed by atoms with Crippen LogP contribution in [0.25, 0.3) is 11.0 Å². The summed E-state index contributed by atoms with van der Waals surface area (Å²) in [5.41, 5.74) is 4.02. The summed E-state index contributed by atoms with van der Waals surface area (Å²) in [6, 6.07) is 11.8. The minimum absolute atomic E-state index is 0. The number of aromatic nitrogens is 4. The van der Waals surface area contributed by atoms with Gasteiger partial charge >= 0.3 is 0 Å². The van der Waals surface area contributed by atoms with Gasteiger partial charge in [-0.3, -0.25) is 0 Å². The average molecular weight is 653 g/mol. The molecule has 0 saturated heterocycles. The van der Waals surface area contributed by atoms with Gasteiger partial charge in [0.2, 0.25) is 0 Å². The van der Waals surface area contributed by atoms with Gasteiger partial charge < -0.3 is 38.4 Å². The van der Waals surface area contributed by atoms with E-state index < -0.39 is 0 Å². The normalized spacial score (nSPS) is 10.6. The third kappa shape index (κ3) is 12.8. The van der Waals surface area contributed by atoms with Gasteiger partial charge in [-0.15, -0.1) is 12.4 Å². The maximum Gasteiger partial charge on any atom is 0.126 e. The van der Waals surface area contributed by atoms with Crippen LogP contribution in [0.2, 0.25) is 0 Å². The third-order valence-electron chi connectivity index (χ3n) is 5.89. The molecule has 3 heterocycles. The molecule has 0 bridgehead atoms. The molecule has 0 spiro atoms. The Morgan fingerprint density at radius 1 is 0.791 bits per heavy atom. The fourth-order valence-corrected chi connectivity index (χ4v) is 4.65. The minimum atomic E-state index is 0. The van der Waals surface area contributed by atoms with Crippen molar-refractivity contribution in [2.75, 3.05) is 67.1 Å². The maximum atomic E-state index is 5.82. The first-order chi connectivity index (χ1) is 20.5. The Morgan fingerprint density at radius 2 is 1.42 bits per heavy atom. The molecule has 4 rings (SSSR count). The Morgan fingerprint density at radius 3 is 2.07 bits per heavy atom. The lowest BCUT2D eigenvalue weighted by molar-refractivity contribution is 0.0542. The lowest BCUT2D eigenvalue weighted by Crippen LogP contribution is -2.10. The summed E-state index contributed by atoms with van der Waals surface area (Å²) in [4.78, 5) is 15.4. The molecule has 10 nitrogen and oxygen atoms in total. The number of methoxy groups -OCH3 is 2. The van der Waals surface area contributed by atoms with Gasteiger partial charge in [0.15, 0.2) is 0 Å². The molecule has 13 heteroatoms. The van der Waals surface area contributed by atoms with Gasteiger partial charge in [-0.1, -0.05) is 36.1 Å². The molecule has 236 valence electrons. The van der Waals surface area contributed by atoms with Gasteiger partial charge in [0, 0.05) is 37.7 Å². The zero-order valence-corrected chi connectivity index (χ0v) is 27.5. The van der Waals surface area contributed by atoms with E-state index in [1.807, 2.05) is 50.2 Å². The number of pyridine rings is 2. The van der Waals surface area contributed by atoms with Crippen molar-refractivity contribution < 1.29 is 28.4 Å². The fourth-order valence-electron chi connectivity index (χ4n) is 3.62. The molecular weight excluding hydrogens is 612 g/mol. The van der Waals surface area contributed by atoms with Crippen molar-refractivity contribution in [2.24, 2.45) is 0 Å². The number of halogens is 1. The first-order valence-electron chi connectivity index (χ1n) is 13.6. The van der Waals surface area contributed by atoms with Crippen molar-refractivity contribution in [2.45, 2.75) is 24.6 Å². The molecule has 0 atom stereocenters. The quantitative estimate of drug-likeness (QED) is 0.0786. The number of hydrogen-bond acceptors (Lipinski definition) is 10. The molecule has 0 aliphatic rings. The van der Waals surface area contributed by atoms with E-state index in [1.54, 1.807) is 38.4 Å². The Hall–Kier alpha value is -2.71. The van der Waals surface area contributed by atoms with E-state index in [4.69, 9.17) is 40.6 Å². The zero-order valence-electron chi connectivity index (χ0n) is 25.1. The Balaban J connectivity index is 0.000000328. The topological polar surface area (TPSA) is 113 Å². The van der Waals surface area contributed by atoms with E-state index in [9.17, 15) is 0 Å². The number of rotatable bonds is 17. The lowest BCUT2D eigenvalue weighted by Gasteiger charge is -2.11. The predicted octanol–water partition coefficient (Wildman–Crippen LogP) is 6.12. The number of thioether (sulfide) groups is 1. The summed E-state index contributed by atoms with van der Waals surface area (Å²) < 4.78 is 32.6. The van der Waals surface area contributed by atoms with Crippen molar-refractivity contribution in [1.29, 1.82) is 0 Å². The molecule has 0 aliphatic heterocycles. The van der Waals surface area contributed by atoms with Gasteiger partial charge in [-0.05, 0) is 38.1 Å². The number of H-pyrrole nitrogens is 2. The van der Waals surface area contributed by atoms with Gasteiger partial charge in [0.05, 0.1) is 56.4 Å². The number of aromatic amines is 2. The highest BCUT2D eigenvalue weighted by atomic mass is 35.5. The van der Waals surface area contributed by atoms with Crippen molar-refractivity contribution in [3.63, 3.8) is 0 Å². The molecule has 1 aromatic carbocycles. The predicted molar refractivity (Wildman–Crippen MR) is 175 cm³/mol. The van der Waals surface area contributed by atoms with Crippen molar-refractivity contribution in [3.8, 4) is 11.5 Å². The van der Waals surface area contributed by atoms with Gasteiger partial charge in [-0.2, -0.15) is 0 Å². The molecule has 0 fully saturated rings. The molecule has 0 saturated carbocycles. The summed E-state index contributed by atoms with van der Waals surface area (Å²) in [6.07, 6.45) is 3.55. The van der Waals surface area contributed by atoms with E-state index in [2.05, 4.69) is 19.9 Å². The lowest BCUT2D eigenvalue weighted by atomic mass is 10.3. The highest BCUT2D eigenvalue weighted by Crippen LogP contribution is 2.29. The Labute approximate surface area is 268 Å². The number of nitrogens with one attached hydrogen (secondary N) is 2. The molecule has 0 unspecified atom stereocenters. The zero-order chi connectivity index (χ0) is 30.0. The van der Waals surface area contributed by atoms with Gasteiger partial charge in [0.1, 0.15) is 40.2 Å². The number of ether oxygens (including phenoxy) is 6. The van der Waals surface area contributed by atoms with Gasteiger partial charge in [-0.25, -0.2) is 9.97 Å².